The molecule has 4 unspecified atom stereocenters. The molecule has 1 heterocycles. The number of imidazole rings is 1. The van der Waals surface area contributed by atoms with E-state index in [4.69, 9.17) is 11.5 Å². The quantitative estimate of drug-likeness (QED) is 0.145. The molecule has 4 atom stereocenters. The standard InChI is InChI=1S/C26H39N7O5/c1-16(2)22(33-23(34)19(28)13-18-14-29-15-30-18)25(36)32-21(12-17-8-4-3-5-9-17)24(35)31-20(26(37)38)10-6-7-11-27/h3-5,8-9,14-16,19-22H,6-7,10-13,27-28H2,1-2H3,(H,29,30)(H,31,35)(H,32,36)(H,33,34)(H,37,38). The number of amides is 3. The Kier molecular flexibility index (Phi) is 12.4. The number of hydrogen-bond donors (Lipinski definition) is 7. The van der Waals surface area contributed by atoms with Crippen LogP contribution in [-0.4, -0.2) is 69.5 Å². The third kappa shape index (κ3) is 9.94. The zero-order valence-corrected chi connectivity index (χ0v) is 21.9. The van der Waals surface area contributed by atoms with Crippen molar-refractivity contribution in [3.63, 3.8) is 0 Å². The van der Waals surface area contributed by atoms with Crippen LogP contribution in [0.2, 0.25) is 0 Å². The van der Waals surface area contributed by atoms with Gasteiger partial charge in [-0.1, -0.05) is 44.2 Å². The van der Waals surface area contributed by atoms with Crippen molar-refractivity contribution in [3.05, 3.63) is 54.1 Å². The monoisotopic (exact) mass is 529 g/mol. The molecule has 12 heteroatoms. The van der Waals surface area contributed by atoms with Gasteiger partial charge in [0.05, 0.1) is 12.4 Å². The summed E-state index contributed by atoms with van der Waals surface area (Å²) < 4.78 is 0. The number of carbonyl (C=O) groups is 4. The van der Waals surface area contributed by atoms with Gasteiger partial charge in [-0.15, -0.1) is 0 Å². The molecule has 1 aromatic heterocycles. The Bertz CT molecular complexity index is 1030. The van der Waals surface area contributed by atoms with Gasteiger partial charge in [0.15, 0.2) is 0 Å². The van der Waals surface area contributed by atoms with Crippen LogP contribution in [0.1, 0.15) is 44.4 Å². The molecular formula is C26H39N7O5. The molecule has 3 amide bonds. The summed E-state index contributed by atoms with van der Waals surface area (Å²) in [5.74, 6) is -3.22. The van der Waals surface area contributed by atoms with Crippen molar-refractivity contribution >= 4 is 23.7 Å². The van der Waals surface area contributed by atoms with Crippen LogP contribution in [-0.2, 0) is 32.0 Å². The van der Waals surface area contributed by atoms with Crippen LogP contribution in [0.4, 0.5) is 0 Å². The van der Waals surface area contributed by atoms with Gasteiger partial charge >= 0.3 is 5.97 Å². The van der Waals surface area contributed by atoms with Crippen molar-refractivity contribution in [3.8, 4) is 0 Å². The minimum Gasteiger partial charge on any atom is -0.480 e. The Hall–Kier alpha value is -3.77. The molecule has 0 aliphatic carbocycles. The van der Waals surface area contributed by atoms with Crippen LogP contribution in [0.3, 0.4) is 0 Å². The average Bonchev–Trinajstić information content (AvgIpc) is 3.39. The number of carboxylic acid groups (broad SMARTS) is 1. The number of nitrogens with one attached hydrogen (secondary N) is 4. The molecule has 38 heavy (non-hydrogen) atoms. The van der Waals surface area contributed by atoms with E-state index in [1.165, 1.54) is 6.33 Å². The van der Waals surface area contributed by atoms with Gasteiger partial charge in [-0.25, -0.2) is 9.78 Å². The molecule has 2 aromatic rings. The van der Waals surface area contributed by atoms with E-state index in [2.05, 4.69) is 25.9 Å². The molecule has 0 saturated carbocycles. The molecule has 0 aliphatic rings. The third-order valence-corrected chi connectivity index (χ3v) is 6.06. The van der Waals surface area contributed by atoms with E-state index in [-0.39, 0.29) is 25.2 Å². The molecule has 0 fully saturated rings. The van der Waals surface area contributed by atoms with E-state index in [9.17, 15) is 24.3 Å². The second kappa shape index (κ2) is 15.5. The highest BCUT2D eigenvalue weighted by Gasteiger charge is 2.32. The minimum atomic E-state index is -1.17. The zero-order chi connectivity index (χ0) is 28.1. The van der Waals surface area contributed by atoms with Crippen LogP contribution < -0.4 is 27.4 Å². The third-order valence-electron chi connectivity index (χ3n) is 6.06. The summed E-state index contributed by atoms with van der Waals surface area (Å²) in [6, 6.07) is 4.96. The van der Waals surface area contributed by atoms with Crippen LogP contribution in [0.5, 0.6) is 0 Å². The van der Waals surface area contributed by atoms with Crippen molar-refractivity contribution in [1.29, 1.82) is 0 Å². The highest BCUT2D eigenvalue weighted by Crippen LogP contribution is 2.09. The highest BCUT2D eigenvalue weighted by atomic mass is 16.4. The first-order valence-electron chi connectivity index (χ1n) is 12.7. The molecule has 0 radical (unpaired) electrons. The molecule has 0 bridgehead atoms. The summed E-state index contributed by atoms with van der Waals surface area (Å²) >= 11 is 0. The van der Waals surface area contributed by atoms with Crippen LogP contribution in [0.25, 0.3) is 0 Å². The van der Waals surface area contributed by atoms with Crippen molar-refractivity contribution in [2.45, 2.75) is 70.1 Å². The Labute approximate surface area is 222 Å². The number of nitrogens with two attached hydrogens (primary N) is 2. The van der Waals surface area contributed by atoms with E-state index < -0.39 is 47.9 Å². The molecule has 0 spiro atoms. The number of aromatic amines is 1. The number of aromatic nitrogens is 2. The number of aliphatic carboxylic acids is 1. The minimum absolute atomic E-state index is 0.131. The molecule has 0 aliphatic heterocycles. The molecule has 1 aromatic carbocycles. The van der Waals surface area contributed by atoms with Gasteiger partial charge in [-0.05, 0) is 37.3 Å². The number of carboxylic acids is 1. The van der Waals surface area contributed by atoms with Gasteiger partial charge in [0.1, 0.15) is 18.1 Å². The molecule has 12 nitrogen and oxygen atoms in total. The maximum Gasteiger partial charge on any atom is 0.326 e. The number of benzene rings is 1. The van der Waals surface area contributed by atoms with E-state index in [1.54, 1.807) is 44.3 Å². The topological polar surface area (TPSA) is 205 Å². The van der Waals surface area contributed by atoms with E-state index in [0.29, 0.717) is 25.1 Å². The zero-order valence-electron chi connectivity index (χ0n) is 21.9. The first kappa shape index (κ1) is 30.5. The van der Waals surface area contributed by atoms with E-state index in [0.717, 1.165) is 5.56 Å². The Balaban J connectivity index is 2.15. The summed E-state index contributed by atoms with van der Waals surface area (Å²) in [5.41, 5.74) is 13.0. The largest absolute Gasteiger partial charge is 0.480 e. The number of unbranched alkanes of at least 4 members (excludes halogenated alkanes) is 1. The number of rotatable bonds is 16. The maximum absolute atomic E-state index is 13.3. The summed E-state index contributed by atoms with van der Waals surface area (Å²) in [7, 11) is 0. The predicted octanol–water partition coefficient (Wildman–Crippen LogP) is -0.154. The van der Waals surface area contributed by atoms with Crippen molar-refractivity contribution in [1.82, 2.24) is 25.9 Å². The summed E-state index contributed by atoms with van der Waals surface area (Å²) in [6.45, 7) is 3.94. The summed E-state index contributed by atoms with van der Waals surface area (Å²) in [4.78, 5) is 57.8. The molecule has 208 valence electrons. The van der Waals surface area contributed by atoms with Crippen molar-refractivity contribution in [2.75, 3.05) is 6.54 Å². The lowest BCUT2D eigenvalue weighted by molar-refractivity contribution is -0.142. The van der Waals surface area contributed by atoms with Crippen LogP contribution in [0, 0.1) is 5.92 Å². The highest BCUT2D eigenvalue weighted by molar-refractivity contribution is 5.94. The van der Waals surface area contributed by atoms with E-state index >= 15 is 0 Å². The number of nitrogens with zero attached hydrogens (tertiary/aromatic N) is 1. The first-order chi connectivity index (χ1) is 18.1. The van der Waals surface area contributed by atoms with Crippen molar-refractivity contribution in [2.24, 2.45) is 17.4 Å². The fourth-order valence-electron chi connectivity index (χ4n) is 3.86. The van der Waals surface area contributed by atoms with Gasteiger partial charge in [0.2, 0.25) is 17.7 Å². The molecule has 2 rings (SSSR count). The smallest absolute Gasteiger partial charge is 0.326 e. The number of hydrogen-bond acceptors (Lipinski definition) is 7. The second-order valence-electron chi connectivity index (χ2n) is 9.55. The van der Waals surface area contributed by atoms with Gasteiger partial charge < -0.3 is 37.5 Å². The van der Waals surface area contributed by atoms with Crippen LogP contribution >= 0.6 is 0 Å². The lowest BCUT2D eigenvalue weighted by atomic mass is 10.00. The first-order valence-corrected chi connectivity index (χ1v) is 12.7. The maximum atomic E-state index is 13.3. The Morgan fingerprint density at radius 1 is 0.947 bits per heavy atom. The summed E-state index contributed by atoms with van der Waals surface area (Å²) in [6.07, 6.45) is 4.75. The lowest BCUT2D eigenvalue weighted by Gasteiger charge is -2.27. The summed E-state index contributed by atoms with van der Waals surface area (Å²) in [5, 5.41) is 17.5. The Morgan fingerprint density at radius 3 is 2.21 bits per heavy atom. The molecule has 0 saturated heterocycles. The lowest BCUT2D eigenvalue weighted by Crippen LogP contribution is -2.59. The van der Waals surface area contributed by atoms with Crippen molar-refractivity contribution < 1.29 is 24.3 Å². The normalized spacial score (nSPS) is 14.2. The molecular weight excluding hydrogens is 490 g/mol. The second-order valence-corrected chi connectivity index (χ2v) is 9.55. The van der Waals surface area contributed by atoms with Gasteiger partial charge in [0.25, 0.3) is 0 Å². The fraction of sp³-hybridized carbons (Fsp3) is 0.500. The predicted molar refractivity (Wildman–Crippen MR) is 142 cm³/mol. The van der Waals surface area contributed by atoms with Gasteiger partial charge in [-0.3, -0.25) is 14.4 Å². The number of carbonyl (C=O) groups excluding carboxylic acids is 3. The van der Waals surface area contributed by atoms with E-state index in [1.807, 2.05) is 6.07 Å². The van der Waals surface area contributed by atoms with Crippen LogP contribution in [0.15, 0.2) is 42.9 Å². The molecule has 9 N–H and O–H groups in total. The van der Waals surface area contributed by atoms with Gasteiger partial charge in [0, 0.05) is 24.7 Å². The fourth-order valence-corrected chi connectivity index (χ4v) is 3.86. The Morgan fingerprint density at radius 2 is 1.63 bits per heavy atom. The SMILES string of the molecule is CC(C)C(NC(=O)C(N)Cc1cnc[nH]1)C(=O)NC(Cc1ccccc1)C(=O)NC(CCCCN)C(=O)O. The number of H-pyrrole nitrogens is 1. The van der Waals surface area contributed by atoms with Gasteiger partial charge in [-0.2, -0.15) is 0 Å². The average molecular weight is 530 g/mol.